The first kappa shape index (κ1) is 26.5. The highest BCUT2D eigenvalue weighted by Crippen LogP contribution is 2.30. The third-order valence-corrected chi connectivity index (χ3v) is 6.55. The fraction of sp³-hybridized carbons (Fsp3) is 0.314. The Labute approximate surface area is 214 Å². The van der Waals surface area contributed by atoms with Gasteiger partial charge in [-0.25, -0.2) is 0 Å². The van der Waals surface area contributed by atoms with Crippen LogP contribution in [0.1, 0.15) is 87.5 Å². The van der Waals surface area contributed by atoms with Crippen LogP contribution in [0.5, 0.6) is 0 Å². The summed E-state index contributed by atoms with van der Waals surface area (Å²) < 4.78 is 0. The van der Waals surface area contributed by atoms with Gasteiger partial charge in [-0.2, -0.15) is 0 Å². The second-order valence-corrected chi connectivity index (χ2v) is 9.49. The average Bonchev–Trinajstić information content (AvgIpc) is 2.89. The Kier molecular flexibility index (Phi) is 10.8. The summed E-state index contributed by atoms with van der Waals surface area (Å²) in [6, 6.07) is 18.0. The van der Waals surface area contributed by atoms with Crippen molar-refractivity contribution in [3.63, 3.8) is 0 Å². The minimum Gasteiger partial charge on any atom is -0.0871 e. The predicted molar refractivity (Wildman–Crippen MR) is 157 cm³/mol. The van der Waals surface area contributed by atoms with E-state index in [2.05, 4.69) is 131 Å². The van der Waals surface area contributed by atoms with Crippen LogP contribution in [0, 0.1) is 6.92 Å². The molecule has 1 aliphatic rings. The maximum atomic E-state index is 2.54. The number of rotatable bonds is 11. The molecular weight excluding hydrogens is 420 g/mol. The molecule has 1 aliphatic carbocycles. The Bertz CT molecular complexity index is 1100. The van der Waals surface area contributed by atoms with E-state index in [4.69, 9.17) is 0 Å². The van der Waals surface area contributed by atoms with E-state index in [0.717, 1.165) is 32.1 Å². The fourth-order valence-electron chi connectivity index (χ4n) is 4.63. The Morgan fingerprint density at radius 1 is 0.943 bits per heavy atom. The summed E-state index contributed by atoms with van der Waals surface area (Å²) in [5.41, 5.74) is 9.39. The van der Waals surface area contributed by atoms with Crippen molar-refractivity contribution in [2.24, 2.45) is 0 Å². The van der Waals surface area contributed by atoms with Gasteiger partial charge in [0.2, 0.25) is 0 Å². The monoisotopic (exact) mass is 462 g/mol. The van der Waals surface area contributed by atoms with Gasteiger partial charge in [0.1, 0.15) is 0 Å². The predicted octanol–water partition coefficient (Wildman–Crippen LogP) is 10.6. The van der Waals surface area contributed by atoms with Crippen LogP contribution in [-0.4, -0.2) is 0 Å². The highest BCUT2D eigenvalue weighted by molar-refractivity contribution is 5.74. The molecule has 2 aromatic carbocycles. The van der Waals surface area contributed by atoms with Gasteiger partial charge in [0.25, 0.3) is 0 Å². The van der Waals surface area contributed by atoms with E-state index in [1.165, 1.54) is 45.4 Å². The molecule has 1 atom stereocenters. The molecule has 0 saturated carbocycles. The Hall–Kier alpha value is -3.12. The maximum absolute atomic E-state index is 2.54. The fourth-order valence-corrected chi connectivity index (χ4v) is 4.63. The van der Waals surface area contributed by atoms with Crippen molar-refractivity contribution < 1.29 is 0 Å². The van der Waals surface area contributed by atoms with Crippen molar-refractivity contribution in [2.45, 2.75) is 72.1 Å². The summed E-state index contributed by atoms with van der Waals surface area (Å²) in [4.78, 5) is 0. The minimum absolute atomic E-state index is 0.432. The topological polar surface area (TPSA) is 0 Å². The Morgan fingerprint density at radius 2 is 1.71 bits per heavy atom. The van der Waals surface area contributed by atoms with Crippen molar-refractivity contribution in [3.8, 4) is 0 Å². The molecular formula is C35H42. The number of hydrogen-bond acceptors (Lipinski definition) is 0. The van der Waals surface area contributed by atoms with E-state index in [0.29, 0.717) is 5.92 Å². The SMILES string of the molecule is C\C=C/C(=C\C=C\c1ccc(C)cc1)C(=C/C(CCC)c1ccc(C2=CCCC=C2)cc1)/CCC. The van der Waals surface area contributed by atoms with Crippen LogP contribution in [0.15, 0.2) is 108 Å². The van der Waals surface area contributed by atoms with Gasteiger partial charge in [-0.3, -0.25) is 0 Å². The van der Waals surface area contributed by atoms with Crippen LogP contribution in [0.2, 0.25) is 0 Å². The van der Waals surface area contributed by atoms with E-state index in [1.807, 2.05) is 0 Å². The third kappa shape index (κ3) is 8.25. The van der Waals surface area contributed by atoms with E-state index in [1.54, 1.807) is 0 Å². The van der Waals surface area contributed by atoms with Gasteiger partial charge < -0.3 is 0 Å². The first-order valence-corrected chi connectivity index (χ1v) is 13.4. The van der Waals surface area contributed by atoms with Crippen LogP contribution in [0.3, 0.4) is 0 Å². The van der Waals surface area contributed by atoms with Crippen molar-refractivity contribution in [3.05, 3.63) is 131 Å². The molecule has 3 rings (SSSR count). The zero-order valence-corrected chi connectivity index (χ0v) is 22.1. The maximum Gasteiger partial charge on any atom is 0.00239 e. The Balaban J connectivity index is 1.89. The lowest BCUT2D eigenvalue weighted by Crippen LogP contribution is -1.99. The molecule has 0 bridgehead atoms. The molecule has 0 fully saturated rings. The summed E-state index contributed by atoms with van der Waals surface area (Å²) in [5, 5.41) is 0. The standard InChI is InChI=1S/C35H42/c1-5-12-30(18-11-15-29-21-19-28(4)20-22-29)34(13-6-2)27-35(14-7-3)33-25-23-32(24-26-33)31-16-9-8-10-17-31/h5,9,11-12,15-27,35H,6-8,10,13-14H2,1-4H3/b12-5-,15-11+,30-18+,34-27+. The largest absolute Gasteiger partial charge is 0.0871 e. The molecule has 0 saturated heterocycles. The molecule has 182 valence electrons. The van der Waals surface area contributed by atoms with E-state index < -0.39 is 0 Å². The van der Waals surface area contributed by atoms with Crippen molar-refractivity contribution in [1.29, 1.82) is 0 Å². The van der Waals surface area contributed by atoms with Crippen LogP contribution in [0.4, 0.5) is 0 Å². The smallest absolute Gasteiger partial charge is 0.00239 e. The molecule has 0 aromatic heterocycles. The van der Waals surface area contributed by atoms with Gasteiger partial charge >= 0.3 is 0 Å². The van der Waals surface area contributed by atoms with E-state index in [-0.39, 0.29) is 0 Å². The molecule has 1 unspecified atom stereocenters. The second-order valence-electron chi connectivity index (χ2n) is 9.49. The van der Waals surface area contributed by atoms with E-state index in [9.17, 15) is 0 Å². The lowest BCUT2D eigenvalue weighted by atomic mass is 9.87. The number of benzene rings is 2. The number of allylic oxidation sites excluding steroid dienone is 11. The summed E-state index contributed by atoms with van der Waals surface area (Å²) in [5.74, 6) is 0.432. The van der Waals surface area contributed by atoms with Gasteiger partial charge in [0, 0.05) is 5.92 Å². The zero-order valence-electron chi connectivity index (χ0n) is 22.1. The highest BCUT2D eigenvalue weighted by atomic mass is 14.2. The van der Waals surface area contributed by atoms with E-state index >= 15 is 0 Å². The summed E-state index contributed by atoms with van der Waals surface area (Å²) in [6.45, 7) is 8.80. The van der Waals surface area contributed by atoms with Crippen LogP contribution >= 0.6 is 0 Å². The van der Waals surface area contributed by atoms with Crippen molar-refractivity contribution >= 4 is 11.6 Å². The lowest BCUT2D eigenvalue weighted by molar-refractivity contribution is 0.709. The molecule has 0 N–H and O–H groups in total. The number of aryl methyl sites for hydroxylation is 1. The van der Waals surface area contributed by atoms with Crippen LogP contribution in [0.25, 0.3) is 11.6 Å². The molecule has 0 aliphatic heterocycles. The molecule has 0 amide bonds. The molecule has 0 radical (unpaired) electrons. The Morgan fingerprint density at radius 3 is 2.34 bits per heavy atom. The molecule has 0 spiro atoms. The normalized spacial score (nSPS) is 15.7. The van der Waals surface area contributed by atoms with Crippen molar-refractivity contribution in [2.75, 3.05) is 0 Å². The van der Waals surface area contributed by atoms with Crippen LogP contribution in [-0.2, 0) is 0 Å². The summed E-state index contributed by atoms with van der Waals surface area (Å²) in [6.07, 6.45) is 27.4. The molecule has 0 nitrogen and oxygen atoms in total. The van der Waals surface area contributed by atoms with Crippen molar-refractivity contribution in [1.82, 2.24) is 0 Å². The number of hydrogen-bond donors (Lipinski definition) is 0. The van der Waals surface area contributed by atoms with Gasteiger partial charge in [0.15, 0.2) is 0 Å². The average molecular weight is 463 g/mol. The van der Waals surface area contributed by atoms with Crippen LogP contribution < -0.4 is 0 Å². The lowest BCUT2D eigenvalue weighted by Gasteiger charge is -2.17. The van der Waals surface area contributed by atoms with Gasteiger partial charge in [-0.05, 0) is 72.9 Å². The first-order chi connectivity index (χ1) is 17.1. The zero-order chi connectivity index (χ0) is 24.9. The quantitative estimate of drug-likeness (QED) is 0.291. The minimum atomic E-state index is 0.432. The van der Waals surface area contributed by atoms with Gasteiger partial charge in [-0.15, -0.1) is 0 Å². The summed E-state index contributed by atoms with van der Waals surface area (Å²) in [7, 11) is 0. The molecule has 2 aromatic rings. The van der Waals surface area contributed by atoms with Gasteiger partial charge in [-0.1, -0.05) is 135 Å². The first-order valence-electron chi connectivity index (χ1n) is 13.4. The summed E-state index contributed by atoms with van der Waals surface area (Å²) >= 11 is 0. The van der Waals surface area contributed by atoms with Gasteiger partial charge in [0.05, 0.1) is 0 Å². The molecule has 0 heterocycles. The molecule has 35 heavy (non-hydrogen) atoms. The molecule has 0 heteroatoms. The highest BCUT2D eigenvalue weighted by Gasteiger charge is 2.12. The second kappa shape index (κ2) is 14.3. The third-order valence-electron chi connectivity index (χ3n) is 6.55.